The van der Waals surface area contributed by atoms with Crippen molar-refractivity contribution in [1.29, 1.82) is 0 Å². The lowest BCUT2D eigenvalue weighted by atomic mass is 9.91. The molecule has 0 saturated carbocycles. The zero-order valence-corrected chi connectivity index (χ0v) is 19.8. The van der Waals surface area contributed by atoms with Gasteiger partial charge in [0.05, 0.1) is 27.2 Å². The van der Waals surface area contributed by atoms with Gasteiger partial charge in [-0.25, -0.2) is 18.5 Å². The molecular weight excluding hydrogens is 496 g/mol. The van der Waals surface area contributed by atoms with Crippen molar-refractivity contribution in [2.75, 3.05) is 4.90 Å². The van der Waals surface area contributed by atoms with Crippen molar-refractivity contribution in [3.8, 4) is 0 Å². The zero-order valence-electron chi connectivity index (χ0n) is 17.4. The average molecular weight is 513 g/mol. The SMILES string of the molecule is NS(=O)(=O)c1ccc(N=C2S/C(=C3\C(=O)NC4C=CC(Cl)=CC34)C(=O)N2c2ccccc2)cc1. The van der Waals surface area contributed by atoms with E-state index in [9.17, 15) is 18.0 Å². The number of amides is 2. The second-order valence-electron chi connectivity index (χ2n) is 7.69. The number of amidine groups is 1. The summed E-state index contributed by atoms with van der Waals surface area (Å²) in [5, 5.41) is 8.88. The van der Waals surface area contributed by atoms with E-state index in [1.807, 2.05) is 6.07 Å². The van der Waals surface area contributed by atoms with Crippen LogP contribution in [0.1, 0.15) is 0 Å². The Balaban J connectivity index is 1.61. The number of halogens is 1. The van der Waals surface area contributed by atoms with Crippen molar-refractivity contribution in [2.24, 2.45) is 16.0 Å². The molecule has 3 aliphatic rings. The molecule has 172 valence electrons. The number of fused-ring (bicyclic) bond motifs is 1. The van der Waals surface area contributed by atoms with Crippen molar-refractivity contribution in [1.82, 2.24) is 5.32 Å². The number of rotatable bonds is 3. The smallest absolute Gasteiger partial charge is 0.271 e. The van der Waals surface area contributed by atoms with E-state index in [2.05, 4.69) is 10.3 Å². The summed E-state index contributed by atoms with van der Waals surface area (Å²) in [5.41, 5.74) is 1.35. The molecule has 2 fully saturated rings. The summed E-state index contributed by atoms with van der Waals surface area (Å²) in [6.07, 6.45) is 5.28. The van der Waals surface area contributed by atoms with Gasteiger partial charge < -0.3 is 5.32 Å². The van der Waals surface area contributed by atoms with Crippen molar-refractivity contribution in [2.45, 2.75) is 10.9 Å². The second kappa shape index (κ2) is 8.55. The van der Waals surface area contributed by atoms with E-state index in [4.69, 9.17) is 16.7 Å². The minimum atomic E-state index is -3.84. The number of nitrogens with two attached hydrogens (primary N) is 1. The Bertz CT molecular complexity index is 1430. The number of thioether (sulfide) groups is 1. The highest BCUT2D eigenvalue weighted by Crippen LogP contribution is 2.43. The first kappa shape index (κ1) is 22.6. The quantitative estimate of drug-likeness (QED) is 0.612. The van der Waals surface area contributed by atoms with Gasteiger partial charge in [-0.05, 0) is 54.2 Å². The zero-order chi connectivity index (χ0) is 24.0. The van der Waals surface area contributed by atoms with Crippen molar-refractivity contribution in [3.05, 3.63) is 88.3 Å². The average Bonchev–Trinajstić information content (AvgIpc) is 3.28. The molecule has 1 aliphatic carbocycles. The van der Waals surface area contributed by atoms with Crippen LogP contribution in [0.15, 0.2) is 98.2 Å². The van der Waals surface area contributed by atoms with E-state index < -0.39 is 10.0 Å². The molecule has 34 heavy (non-hydrogen) atoms. The lowest BCUT2D eigenvalue weighted by Gasteiger charge is -2.17. The summed E-state index contributed by atoms with van der Waals surface area (Å²) in [5.74, 6) is -1.08. The van der Waals surface area contributed by atoms with Gasteiger partial charge in [0.1, 0.15) is 0 Å². The van der Waals surface area contributed by atoms with Gasteiger partial charge in [-0.15, -0.1) is 0 Å². The molecule has 11 heteroatoms. The van der Waals surface area contributed by atoms with Gasteiger partial charge >= 0.3 is 0 Å². The third-order valence-electron chi connectivity index (χ3n) is 5.50. The summed E-state index contributed by atoms with van der Waals surface area (Å²) in [4.78, 5) is 32.7. The Morgan fingerprint density at radius 1 is 1.06 bits per heavy atom. The number of primary sulfonamides is 1. The highest BCUT2D eigenvalue weighted by molar-refractivity contribution is 8.19. The predicted molar refractivity (Wildman–Crippen MR) is 132 cm³/mol. The fraction of sp³-hybridized carbons (Fsp3) is 0.0870. The first-order valence-electron chi connectivity index (χ1n) is 10.1. The van der Waals surface area contributed by atoms with Crippen LogP contribution in [-0.4, -0.2) is 31.4 Å². The summed E-state index contributed by atoms with van der Waals surface area (Å²) >= 11 is 7.27. The van der Waals surface area contributed by atoms with Gasteiger partial charge in [0, 0.05) is 16.5 Å². The molecule has 0 radical (unpaired) electrons. The highest BCUT2D eigenvalue weighted by Gasteiger charge is 2.45. The number of carbonyl (C=O) groups excluding carboxylic acids is 2. The lowest BCUT2D eigenvalue weighted by molar-refractivity contribution is -0.117. The van der Waals surface area contributed by atoms with E-state index >= 15 is 0 Å². The van der Waals surface area contributed by atoms with Crippen LogP contribution in [0.2, 0.25) is 0 Å². The van der Waals surface area contributed by atoms with E-state index in [1.54, 1.807) is 42.5 Å². The molecule has 2 atom stereocenters. The molecule has 2 aromatic carbocycles. The predicted octanol–water partition coefficient (Wildman–Crippen LogP) is 3.16. The maximum Gasteiger partial charge on any atom is 0.271 e. The molecule has 3 N–H and O–H groups in total. The van der Waals surface area contributed by atoms with Gasteiger partial charge in [-0.2, -0.15) is 0 Å². The van der Waals surface area contributed by atoms with Crippen LogP contribution in [0.3, 0.4) is 0 Å². The standard InChI is InChI=1S/C23H17ClN4O4S2/c24-13-6-11-18-17(12-13)19(21(29)27-18)20-22(30)28(15-4-2-1-3-5-15)23(33-20)26-14-7-9-16(10-8-14)34(25,31)32/h1-12,17-18H,(H,27,29)(H2,25,31,32)/b20-19-,26-23?. The summed E-state index contributed by atoms with van der Waals surface area (Å²) in [6, 6.07) is 14.4. The van der Waals surface area contributed by atoms with Gasteiger partial charge in [-0.1, -0.05) is 42.0 Å². The Kier molecular flexibility index (Phi) is 5.68. The number of aliphatic imine (C=N–C) groups is 1. The Morgan fingerprint density at radius 3 is 2.44 bits per heavy atom. The number of nitrogens with one attached hydrogen (secondary N) is 1. The summed E-state index contributed by atoms with van der Waals surface area (Å²) < 4.78 is 23.1. The third-order valence-corrected chi connectivity index (χ3v) is 7.73. The normalized spacial score (nSPS) is 25.5. The molecule has 0 spiro atoms. The Labute approximate surface area is 204 Å². The Morgan fingerprint density at radius 2 is 1.76 bits per heavy atom. The van der Waals surface area contributed by atoms with Crippen molar-refractivity contribution < 1.29 is 18.0 Å². The summed E-state index contributed by atoms with van der Waals surface area (Å²) in [6.45, 7) is 0. The van der Waals surface area contributed by atoms with Crippen molar-refractivity contribution in [3.63, 3.8) is 0 Å². The molecule has 0 aromatic heterocycles. The summed E-state index contributed by atoms with van der Waals surface area (Å²) in [7, 11) is -3.84. The van der Waals surface area contributed by atoms with Crippen LogP contribution in [-0.2, 0) is 19.6 Å². The van der Waals surface area contributed by atoms with E-state index in [-0.39, 0.29) is 33.6 Å². The topological polar surface area (TPSA) is 122 Å². The number of hydrogen-bond donors (Lipinski definition) is 2. The van der Waals surface area contributed by atoms with Gasteiger partial charge in [-0.3, -0.25) is 14.5 Å². The molecular formula is C23H17ClN4O4S2. The first-order chi connectivity index (χ1) is 16.2. The first-order valence-corrected chi connectivity index (χ1v) is 12.9. The maximum absolute atomic E-state index is 13.6. The lowest BCUT2D eigenvalue weighted by Crippen LogP contribution is -2.29. The maximum atomic E-state index is 13.6. The fourth-order valence-corrected chi connectivity index (χ4v) is 5.77. The van der Waals surface area contributed by atoms with Crippen molar-refractivity contribution >= 4 is 61.7 Å². The van der Waals surface area contributed by atoms with E-state index in [0.717, 1.165) is 11.8 Å². The van der Waals surface area contributed by atoms with Crippen LogP contribution < -0.4 is 15.4 Å². The third kappa shape index (κ3) is 4.09. The minimum Gasteiger partial charge on any atom is -0.345 e. The molecule has 2 amide bonds. The molecule has 2 heterocycles. The van der Waals surface area contributed by atoms with Crippen LogP contribution in [0, 0.1) is 5.92 Å². The van der Waals surface area contributed by atoms with Gasteiger partial charge in [0.2, 0.25) is 15.9 Å². The number of sulfonamides is 1. The molecule has 0 bridgehead atoms. The number of para-hydroxylation sites is 1. The number of hydrogen-bond acceptors (Lipinski definition) is 6. The molecule has 2 aliphatic heterocycles. The number of anilines is 1. The molecule has 2 saturated heterocycles. The monoisotopic (exact) mass is 512 g/mol. The van der Waals surface area contributed by atoms with Crippen LogP contribution in [0.5, 0.6) is 0 Å². The molecule has 2 unspecified atom stereocenters. The number of carbonyl (C=O) groups is 2. The molecule has 2 aromatic rings. The number of benzene rings is 2. The molecule has 5 rings (SSSR count). The number of allylic oxidation sites excluding steroid dienone is 2. The Hall–Kier alpha value is -3.18. The van der Waals surface area contributed by atoms with Gasteiger partial charge in [0.25, 0.3) is 5.91 Å². The molecule has 8 nitrogen and oxygen atoms in total. The van der Waals surface area contributed by atoms with Crippen LogP contribution >= 0.6 is 23.4 Å². The fourth-order valence-electron chi connectivity index (χ4n) is 3.92. The van der Waals surface area contributed by atoms with Crippen LogP contribution in [0.25, 0.3) is 0 Å². The van der Waals surface area contributed by atoms with E-state index in [0.29, 0.717) is 27.1 Å². The largest absolute Gasteiger partial charge is 0.345 e. The highest BCUT2D eigenvalue weighted by atomic mass is 35.5. The number of nitrogens with zero attached hydrogens (tertiary/aromatic N) is 2. The second-order valence-corrected chi connectivity index (χ2v) is 10.7. The minimum absolute atomic E-state index is 0.0444. The van der Waals surface area contributed by atoms with E-state index in [1.165, 1.54) is 29.2 Å². The van der Waals surface area contributed by atoms with Crippen LogP contribution in [0.4, 0.5) is 11.4 Å². The van der Waals surface area contributed by atoms with Gasteiger partial charge in [0.15, 0.2) is 5.17 Å².